The van der Waals surface area contributed by atoms with E-state index in [0.29, 0.717) is 5.92 Å². The molecule has 1 unspecified atom stereocenters. The molecule has 0 spiro atoms. The second-order valence-corrected chi connectivity index (χ2v) is 4.69. The third-order valence-corrected chi connectivity index (χ3v) is 3.57. The summed E-state index contributed by atoms with van der Waals surface area (Å²) in [6.07, 6.45) is 8.90. The topological polar surface area (TPSA) is 25.2 Å². The lowest BCUT2D eigenvalue weighted by molar-refractivity contribution is -0.00330. The van der Waals surface area contributed by atoms with Crippen molar-refractivity contribution in [1.82, 2.24) is 4.57 Å². The van der Waals surface area contributed by atoms with E-state index in [-0.39, 0.29) is 0 Å². The van der Waals surface area contributed by atoms with Gasteiger partial charge in [0, 0.05) is 25.0 Å². The molecule has 1 atom stereocenters. The maximum absolute atomic E-state index is 10.5. The van der Waals surface area contributed by atoms with Crippen molar-refractivity contribution in [2.45, 2.75) is 38.2 Å². The minimum absolute atomic E-state index is 0.449. The normalized spacial score (nSPS) is 22.5. The molecule has 2 rings (SSSR count). The number of aryl methyl sites for hydroxylation is 1. The van der Waals surface area contributed by atoms with Crippen LogP contribution in [0.15, 0.2) is 18.5 Å². The molecular formula is C12H19NO. The molecule has 0 radical (unpaired) electrons. The monoisotopic (exact) mass is 193 g/mol. The van der Waals surface area contributed by atoms with Crippen molar-refractivity contribution < 1.29 is 5.11 Å². The predicted octanol–water partition coefficient (Wildman–Crippen LogP) is 2.42. The van der Waals surface area contributed by atoms with E-state index >= 15 is 0 Å². The maximum Gasteiger partial charge on any atom is 0.0911 e. The fraction of sp³-hybridized carbons (Fsp3) is 0.667. The summed E-state index contributed by atoms with van der Waals surface area (Å²) in [5.41, 5.74) is 0.435. The van der Waals surface area contributed by atoms with Crippen molar-refractivity contribution in [3.05, 3.63) is 24.0 Å². The van der Waals surface area contributed by atoms with E-state index in [9.17, 15) is 5.11 Å². The van der Waals surface area contributed by atoms with E-state index in [0.717, 1.165) is 5.56 Å². The lowest BCUT2D eigenvalue weighted by Gasteiger charge is -2.29. The van der Waals surface area contributed by atoms with Gasteiger partial charge in [-0.1, -0.05) is 12.8 Å². The molecule has 0 bridgehead atoms. The summed E-state index contributed by atoms with van der Waals surface area (Å²) in [4.78, 5) is 0. The van der Waals surface area contributed by atoms with Gasteiger partial charge in [-0.15, -0.1) is 0 Å². The highest BCUT2D eigenvalue weighted by Crippen LogP contribution is 2.40. The molecule has 0 saturated heterocycles. The molecule has 0 aromatic carbocycles. The van der Waals surface area contributed by atoms with Crippen molar-refractivity contribution in [3.63, 3.8) is 0 Å². The summed E-state index contributed by atoms with van der Waals surface area (Å²) in [5.74, 6) is 0.449. The van der Waals surface area contributed by atoms with Crippen LogP contribution in [0.25, 0.3) is 0 Å². The first kappa shape index (κ1) is 9.78. The zero-order valence-corrected chi connectivity index (χ0v) is 9.03. The third kappa shape index (κ3) is 1.59. The Labute approximate surface area is 85.6 Å². The van der Waals surface area contributed by atoms with Gasteiger partial charge in [-0.3, -0.25) is 0 Å². The molecule has 0 amide bonds. The van der Waals surface area contributed by atoms with Gasteiger partial charge in [-0.25, -0.2) is 0 Å². The van der Waals surface area contributed by atoms with Gasteiger partial charge < -0.3 is 9.67 Å². The lowest BCUT2D eigenvalue weighted by atomic mass is 9.83. The Bertz CT molecular complexity index is 308. The van der Waals surface area contributed by atoms with Crippen molar-refractivity contribution in [3.8, 4) is 0 Å². The largest absolute Gasteiger partial charge is 0.385 e. The number of rotatable bonds is 2. The Balaban J connectivity index is 2.22. The summed E-state index contributed by atoms with van der Waals surface area (Å²) in [7, 11) is 1.99. The van der Waals surface area contributed by atoms with E-state index in [1.807, 2.05) is 37.0 Å². The number of nitrogens with zero attached hydrogens (tertiary/aromatic N) is 1. The molecule has 2 nitrogen and oxygen atoms in total. The van der Waals surface area contributed by atoms with Crippen LogP contribution in [-0.2, 0) is 12.6 Å². The van der Waals surface area contributed by atoms with Gasteiger partial charge in [0.15, 0.2) is 0 Å². The van der Waals surface area contributed by atoms with Crippen LogP contribution in [0.2, 0.25) is 0 Å². The second-order valence-electron chi connectivity index (χ2n) is 4.69. The van der Waals surface area contributed by atoms with Crippen molar-refractivity contribution in [1.29, 1.82) is 0 Å². The van der Waals surface area contributed by atoms with Crippen molar-refractivity contribution >= 4 is 0 Å². The first-order valence-corrected chi connectivity index (χ1v) is 5.45. The van der Waals surface area contributed by atoms with Gasteiger partial charge in [-0.05, 0) is 31.7 Å². The fourth-order valence-electron chi connectivity index (χ4n) is 2.53. The predicted molar refractivity (Wildman–Crippen MR) is 56.9 cm³/mol. The summed E-state index contributed by atoms with van der Waals surface area (Å²) in [6, 6.07) is 2.03. The number of aromatic nitrogens is 1. The lowest BCUT2D eigenvalue weighted by Crippen LogP contribution is -2.29. The van der Waals surface area contributed by atoms with Gasteiger partial charge in [-0.2, -0.15) is 0 Å². The third-order valence-electron chi connectivity index (χ3n) is 3.57. The molecule has 1 saturated carbocycles. The summed E-state index contributed by atoms with van der Waals surface area (Å²) >= 11 is 0. The molecule has 0 aliphatic heterocycles. The molecule has 78 valence electrons. The summed E-state index contributed by atoms with van der Waals surface area (Å²) in [5, 5.41) is 10.5. The molecule has 14 heavy (non-hydrogen) atoms. The molecule has 1 aromatic rings. The Kier molecular flexibility index (Phi) is 2.40. The summed E-state index contributed by atoms with van der Waals surface area (Å²) in [6.45, 7) is 1.96. The molecule has 1 aliphatic carbocycles. The summed E-state index contributed by atoms with van der Waals surface area (Å²) < 4.78 is 2.00. The highest BCUT2D eigenvalue weighted by Gasteiger charge is 2.35. The van der Waals surface area contributed by atoms with Crippen LogP contribution in [0, 0.1) is 5.92 Å². The van der Waals surface area contributed by atoms with Crippen LogP contribution in [-0.4, -0.2) is 9.67 Å². The van der Waals surface area contributed by atoms with Crippen molar-refractivity contribution in [2.24, 2.45) is 13.0 Å². The van der Waals surface area contributed by atoms with Crippen molar-refractivity contribution in [2.75, 3.05) is 0 Å². The van der Waals surface area contributed by atoms with E-state index in [1.54, 1.807) is 0 Å². The standard InChI is InChI=1S/C12H19NO/c1-12(14,10-5-3-4-6-10)11-7-8-13(2)9-11/h7-10,14H,3-6H2,1-2H3. The van der Waals surface area contributed by atoms with Crippen LogP contribution in [0.1, 0.15) is 38.2 Å². The van der Waals surface area contributed by atoms with Crippen LogP contribution >= 0.6 is 0 Å². The van der Waals surface area contributed by atoms with Gasteiger partial charge in [0.05, 0.1) is 5.60 Å². The Morgan fingerprint density at radius 3 is 2.57 bits per heavy atom. The van der Waals surface area contributed by atoms with Gasteiger partial charge >= 0.3 is 0 Å². The van der Waals surface area contributed by atoms with Crippen LogP contribution < -0.4 is 0 Å². The van der Waals surface area contributed by atoms with E-state index in [2.05, 4.69) is 0 Å². The fourth-order valence-corrected chi connectivity index (χ4v) is 2.53. The van der Waals surface area contributed by atoms with Crippen LogP contribution in [0.3, 0.4) is 0 Å². The molecule has 1 aromatic heterocycles. The average molecular weight is 193 g/mol. The average Bonchev–Trinajstić information content (AvgIpc) is 2.72. The zero-order valence-electron chi connectivity index (χ0n) is 9.03. The van der Waals surface area contributed by atoms with E-state index < -0.39 is 5.60 Å². The quantitative estimate of drug-likeness (QED) is 0.766. The van der Waals surface area contributed by atoms with E-state index in [4.69, 9.17) is 0 Å². The van der Waals surface area contributed by atoms with Gasteiger partial charge in [0.25, 0.3) is 0 Å². The minimum Gasteiger partial charge on any atom is -0.385 e. The Hall–Kier alpha value is -0.760. The Morgan fingerprint density at radius 1 is 1.43 bits per heavy atom. The molecular weight excluding hydrogens is 174 g/mol. The SMILES string of the molecule is Cn1ccc(C(C)(O)C2CCCC2)c1. The second kappa shape index (κ2) is 3.43. The first-order valence-electron chi connectivity index (χ1n) is 5.45. The number of aliphatic hydroxyl groups is 1. The molecule has 1 heterocycles. The van der Waals surface area contributed by atoms with Gasteiger partial charge in [0.1, 0.15) is 0 Å². The van der Waals surface area contributed by atoms with Crippen LogP contribution in [0.5, 0.6) is 0 Å². The Morgan fingerprint density at radius 2 is 2.07 bits per heavy atom. The zero-order chi connectivity index (χ0) is 10.2. The maximum atomic E-state index is 10.5. The molecule has 1 aliphatic rings. The number of hydrogen-bond acceptors (Lipinski definition) is 1. The first-order chi connectivity index (χ1) is 6.60. The number of hydrogen-bond donors (Lipinski definition) is 1. The van der Waals surface area contributed by atoms with Gasteiger partial charge in [0.2, 0.25) is 0 Å². The molecule has 1 fully saturated rings. The van der Waals surface area contributed by atoms with E-state index in [1.165, 1.54) is 25.7 Å². The molecule has 1 N–H and O–H groups in total. The highest BCUT2D eigenvalue weighted by atomic mass is 16.3. The molecule has 2 heteroatoms. The highest BCUT2D eigenvalue weighted by molar-refractivity contribution is 5.19. The minimum atomic E-state index is -0.627. The van der Waals surface area contributed by atoms with Crippen LogP contribution in [0.4, 0.5) is 0 Å². The smallest absolute Gasteiger partial charge is 0.0911 e.